The molecule has 110 valence electrons. The third kappa shape index (κ3) is 2.62. The number of aryl methyl sites for hydroxylation is 1. The van der Waals surface area contributed by atoms with Gasteiger partial charge < -0.3 is 0 Å². The molecule has 0 saturated carbocycles. The molecule has 1 nitrogen and oxygen atoms in total. The standard InChI is InChI=1S/C22H17N/c1-16-10-12-18(13-11-16)21-15-14-20-19(8-5-9-22(20)23-21)17-6-3-2-4-7-17/h2-15H,1H3. The Labute approximate surface area is 136 Å². The van der Waals surface area contributed by atoms with Gasteiger partial charge in [-0.05, 0) is 30.2 Å². The maximum atomic E-state index is 4.86. The molecule has 1 heteroatoms. The van der Waals surface area contributed by atoms with Gasteiger partial charge >= 0.3 is 0 Å². The van der Waals surface area contributed by atoms with Crippen LogP contribution in [0.1, 0.15) is 5.56 Å². The van der Waals surface area contributed by atoms with Gasteiger partial charge in [0.25, 0.3) is 0 Å². The molecule has 1 aromatic heterocycles. The fraction of sp³-hybridized carbons (Fsp3) is 0.0455. The third-order valence-electron chi connectivity index (χ3n) is 4.16. The summed E-state index contributed by atoms with van der Waals surface area (Å²) in [5.41, 5.74) is 6.92. The maximum Gasteiger partial charge on any atom is 0.0715 e. The molecule has 23 heavy (non-hydrogen) atoms. The predicted octanol–water partition coefficient (Wildman–Crippen LogP) is 5.88. The zero-order valence-corrected chi connectivity index (χ0v) is 13.0. The van der Waals surface area contributed by atoms with Gasteiger partial charge in [0.1, 0.15) is 0 Å². The van der Waals surface area contributed by atoms with E-state index in [0.717, 1.165) is 16.8 Å². The van der Waals surface area contributed by atoms with E-state index in [-0.39, 0.29) is 0 Å². The minimum atomic E-state index is 1.02. The number of rotatable bonds is 2. The van der Waals surface area contributed by atoms with Crippen LogP contribution in [-0.2, 0) is 0 Å². The fourth-order valence-electron chi connectivity index (χ4n) is 2.91. The molecule has 0 unspecified atom stereocenters. The quantitative estimate of drug-likeness (QED) is 0.450. The van der Waals surface area contributed by atoms with Crippen molar-refractivity contribution in [2.24, 2.45) is 0 Å². The van der Waals surface area contributed by atoms with Gasteiger partial charge in [-0.1, -0.05) is 78.4 Å². The van der Waals surface area contributed by atoms with E-state index in [4.69, 9.17) is 4.98 Å². The molecule has 0 saturated heterocycles. The first-order valence-electron chi connectivity index (χ1n) is 7.83. The number of benzene rings is 3. The third-order valence-corrected chi connectivity index (χ3v) is 4.16. The predicted molar refractivity (Wildman–Crippen MR) is 97.4 cm³/mol. The largest absolute Gasteiger partial charge is 0.248 e. The zero-order valence-electron chi connectivity index (χ0n) is 13.0. The van der Waals surface area contributed by atoms with Crippen LogP contribution >= 0.6 is 0 Å². The second-order valence-corrected chi connectivity index (χ2v) is 5.80. The Balaban J connectivity index is 1.86. The molecule has 0 aliphatic heterocycles. The Morgan fingerprint density at radius 1 is 0.609 bits per heavy atom. The van der Waals surface area contributed by atoms with Gasteiger partial charge in [-0.15, -0.1) is 0 Å². The Bertz CT molecular complexity index is 954. The molecule has 3 aromatic carbocycles. The Morgan fingerprint density at radius 2 is 1.39 bits per heavy atom. The summed E-state index contributed by atoms with van der Waals surface area (Å²) in [6.07, 6.45) is 0. The smallest absolute Gasteiger partial charge is 0.0715 e. The molecule has 4 aromatic rings. The summed E-state index contributed by atoms with van der Waals surface area (Å²) in [6, 6.07) is 29.6. The van der Waals surface area contributed by atoms with E-state index in [2.05, 4.69) is 85.8 Å². The lowest BCUT2D eigenvalue weighted by molar-refractivity contribution is 1.38. The van der Waals surface area contributed by atoms with Crippen molar-refractivity contribution in [2.75, 3.05) is 0 Å². The first-order chi connectivity index (χ1) is 11.3. The summed E-state index contributed by atoms with van der Waals surface area (Å²) in [7, 11) is 0. The number of aromatic nitrogens is 1. The van der Waals surface area contributed by atoms with Gasteiger partial charge in [0.2, 0.25) is 0 Å². The van der Waals surface area contributed by atoms with Gasteiger partial charge in [0, 0.05) is 10.9 Å². The van der Waals surface area contributed by atoms with Crippen molar-refractivity contribution >= 4 is 10.9 Å². The van der Waals surface area contributed by atoms with Crippen molar-refractivity contribution in [3.63, 3.8) is 0 Å². The van der Waals surface area contributed by atoms with E-state index in [1.54, 1.807) is 0 Å². The van der Waals surface area contributed by atoms with Crippen LogP contribution in [0, 0.1) is 6.92 Å². The number of fused-ring (bicyclic) bond motifs is 1. The van der Waals surface area contributed by atoms with Gasteiger partial charge in [0.15, 0.2) is 0 Å². The van der Waals surface area contributed by atoms with E-state index >= 15 is 0 Å². The normalized spacial score (nSPS) is 10.8. The van der Waals surface area contributed by atoms with E-state index in [1.807, 2.05) is 6.07 Å². The van der Waals surface area contributed by atoms with Crippen LogP contribution in [0.15, 0.2) is 84.9 Å². The van der Waals surface area contributed by atoms with Crippen LogP contribution in [-0.4, -0.2) is 4.98 Å². The van der Waals surface area contributed by atoms with Crippen molar-refractivity contribution in [3.8, 4) is 22.4 Å². The SMILES string of the molecule is Cc1ccc(-c2ccc3c(-c4ccccc4)cccc3n2)cc1. The summed E-state index contributed by atoms with van der Waals surface area (Å²) in [5, 5.41) is 1.19. The fourth-order valence-corrected chi connectivity index (χ4v) is 2.91. The lowest BCUT2D eigenvalue weighted by Crippen LogP contribution is -1.88. The molecule has 0 spiro atoms. The molecule has 0 radical (unpaired) electrons. The van der Waals surface area contributed by atoms with Crippen molar-refractivity contribution in [1.29, 1.82) is 0 Å². The average Bonchev–Trinajstić information content (AvgIpc) is 2.62. The molecule has 0 bridgehead atoms. The molecule has 0 aliphatic carbocycles. The Hall–Kier alpha value is -2.93. The van der Waals surface area contributed by atoms with Crippen LogP contribution in [0.5, 0.6) is 0 Å². The summed E-state index contributed by atoms with van der Waals surface area (Å²) < 4.78 is 0. The summed E-state index contributed by atoms with van der Waals surface area (Å²) >= 11 is 0. The highest BCUT2D eigenvalue weighted by Crippen LogP contribution is 2.29. The Morgan fingerprint density at radius 3 is 2.17 bits per heavy atom. The minimum absolute atomic E-state index is 1.02. The zero-order chi connectivity index (χ0) is 15.6. The second-order valence-electron chi connectivity index (χ2n) is 5.80. The number of hydrogen-bond donors (Lipinski definition) is 0. The highest BCUT2D eigenvalue weighted by Gasteiger charge is 2.06. The van der Waals surface area contributed by atoms with Gasteiger partial charge in [-0.2, -0.15) is 0 Å². The lowest BCUT2D eigenvalue weighted by atomic mass is 10.00. The number of nitrogens with zero attached hydrogens (tertiary/aromatic N) is 1. The molecule has 0 N–H and O–H groups in total. The van der Waals surface area contributed by atoms with Gasteiger partial charge in [-0.25, -0.2) is 4.98 Å². The molecule has 0 fully saturated rings. The van der Waals surface area contributed by atoms with Crippen molar-refractivity contribution in [1.82, 2.24) is 4.98 Å². The molecular formula is C22H17N. The monoisotopic (exact) mass is 295 g/mol. The summed E-state index contributed by atoms with van der Waals surface area (Å²) in [6.45, 7) is 2.10. The van der Waals surface area contributed by atoms with Crippen molar-refractivity contribution in [2.45, 2.75) is 6.92 Å². The summed E-state index contributed by atoms with van der Waals surface area (Å²) in [5.74, 6) is 0. The minimum Gasteiger partial charge on any atom is -0.248 e. The lowest BCUT2D eigenvalue weighted by Gasteiger charge is -2.08. The van der Waals surface area contributed by atoms with E-state index < -0.39 is 0 Å². The van der Waals surface area contributed by atoms with Crippen LogP contribution in [0.2, 0.25) is 0 Å². The van der Waals surface area contributed by atoms with Crippen molar-refractivity contribution < 1.29 is 0 Å². The van der Waals surface area contributed by atoms with Crippen LogP contribution in [0.25, 0.3) is 33.3 Å². The van der Waals surface area contributed by atoms with Crippen LogP contribution < -0.4 is 0 Å². The molecular weight excluding hydrogens is 278 g/mol. The summed E-state index contributed by atoms with van der Waals surface area (Å²) in [4.78, 5) is 4.86. The van der Waals surface area contributed by atoms with E-state index in [1.165, 1.54) is 22.1 Å². The van der Waals surface area contributed by atoms with E-state index in [9.17, 15) is 0 Å². The Kier molecular flexibility index (Phi) is 3.39. The molecule has 1 heterocycles. The molecule has 0 amide bonds. The average molecular weight is 295 g/mol. The molecule has 0 atom stereocenters. The highest BCUT2D eigenvalue weighted by atomic mass is 14.7. The number of pyridine rings is 1. The topological polar surface area (TPSA) is 12.9 Å². The molecule has 4 rings (SSSR count). The van der Waals surface area contributed by atoms with Gasteiger partial charge in [-0.3, -0.25) is 0 Å². The maximum absolute atomic E-state index is 4.86. The number of hydrogen-bond acceptors (Lipinski definition) is 1. The highest BCUT2D eigenvalue weighted by molar-refractivity contribution is 5.95. The van der Waals surface area contributed by atoms with E-state index in [0.29, 0.717) is 0 Å². The van der Waals surface area contributed by atoms with Crippen molar-refractivity contribution in [3.05, 3.63) is 90.5 Å². The van der Waals surface area contributed by atoms with Crippen LogP contribution in [0.4, 0.5) is 0 Å². The van der Waals surface area contributed by atoms with Crippen LogP contribution in [0.3, 0.4) is 0 Å². The molecule has 0 aliphatic rings. The van der Waals surface area contributed by atoms with Gasteiger partial charge in [0.05, 0.1) is 11.2 Å². The first kappa shape index (κ1) is 13.7. The second kappa shape index (κ2) is 5.69. The first-order valence-corrected chi connectivity index (χ1v) is 7.83.